The van der Waals surface area contributed by atoms with E-state index in [0.717, 1.165) is 0 Å². The van der Waals surface area contributed by atoms with E-state index in [2.05, 4.69) is 4.98 Å². The molecule has 0 bridgehead atoms. The van der Waals surface area contributed by atoms with Crippen LogP contribution in [0.15, 0.2) is 71.5 Å². The summed E-state index contributed by atoms with van der Waals surface area (Å²) in [6.07, 6.45) is -0.356. The molecule has 0 saturated heterocycles. The van der Waals surface area contributed by atoms with Gasteiger partial charge in [-0.25, -0.2) is 0 Å². The first kappa shape index (κ1) is 23.6. The molecule has 1 atom stereocenters. The molecule has 0 radical (unpaired) electrons. The highest BCUT2D eigenvalue weighted by molar-refractivity contribution is 6.11. The molecular formula is C27H23NO7. The van der Waals surface area contributed by atoms with Crippen molar-refractivity contribution in [2.45, 2.75) is 12.3 Å². The summed E-state index contributed by atoms with van der Waals surface area (Å²) < 4.78 is 10.0. The Morgan fingerprint density at radius 1 is 0.971 bits per heavy atom. The topological polar surface area (TPSA) is 126 Å². The highest BCUT2D eigenvalue weighted by atomic mass is 16.5. The van der Waals surface area contributed by atoms with Crippen LogP contribution in [0.25, 0.3) is 10.9 Å². The van der Waals surface area contributed by atoms with E-state index in [0.29, 0.717) is 22.2 Å². The number of rotatable bonds is 7. The summed E-state index contributed by atoms with van der Waals surface area (Å²) in [6.45, 7) is 0. The average molecular weight is 473 g/mol. The predicted molar refractivity (Wildman–Crippen MR) is 129 cm³/mol. The molecule has 3 N–H and O–H groups in total. The molecule has 0 saturated carbocycles. The van der Waals surface area contributed by atoms with Crippen molar-refractivity contribution in [3.05, 3.63) is 99.3 Å². The van der Waals surface area contributed by atoms with Gasteiger partial charge in [-0.1, -0.05) is 30.3 Å². The van der Waals surface area contributed by atoms with Gasteiger partial charge in [0, 0.05) is 28.7 Å². The second-order valence-electron chi connectivity index (χ2n) is 7.93. The van der Waals surface area contributed by atoms with E-state index < -0.39 is 29.0 Å². The van der Waals surface area contributed by atoms with Crippen LogP contribution in [-0.2, 0) is 9.53 Å². The first-order chi connectivity index (χ1) is 16.8. The number of benzene rings is 3. The summed E-state index contributed by atoms with van der Waals surface area (Å²) in [7, 11) is 2.71. The van der Waals surface area contributed by atoms with Crippen molar-refractivity contribution >= 4 is 22.7 Å². The number of ether oxygens (including phenoxy) is 2. The lowest BCUT2D eigenvalue weighted by atomic mass is 9.85. The molecule has 0 unspecified atom stereocenters. The van der Waals surface area contributed by atoms with Crippen molar-refractivity contribution in [1.82, 2.24) is 4.98 Å². The van der Waals surface area contributed by atoms with Crippen molar-refractivity contribution in [2.24, 2.45) is 0 Å². The second kappa shape index (κ2) is 9.72. The van der Waals surface area contributed by atoms with Gasteiger partial charge in [0.15, 0.2) is 5.78 Å². The molecule has 8 heteroatoms. The van der Waals surface area contributed by atoms with E-state index in [1.807, 2.05) is 0 Å². The predicted octanol–water partition coefficient (Wildman–Crippen LogP) is 3.87. The van der Waals surface area contributed by atoms with Crippen LogP contribution in [0.3, 0.4) is 0 Å². The van der Waals surface area contributed by atoms with Gasteiger partial charge in [-0.05, 0) is 35.7 Å². The standard InChI is InChI=1S/C27H23NO7/c1-34-17-9-8-16-12-20(27(33)28-21(16)13-17)19(14-23(30)35-2)24-22(29)11-10-18(26(24)32)25(31)15-6-4-3-5-7-15/h3-13,19,29,32H,14H2,1-2H3,(H,28,33)/t19-/m1/s1. The number of ketones is 1. The fourth-order valence-electron chi connectivity index (χ4n) is 4.07. The molecule has 1 heterocycles. The quantitative estimate of drug-likeness (QED) is 0.275. The van der Waals surface area contributed by atoms with E-state index in [-0.39, 0.29) is 28.9 Å². The largest absolute Gasteiger partial charge is 0.508 e. The Bertz CT molecular complexity index is 1470. The van der Waals surface area contributed by atoms with Crippen molar-refractivity contribution in [2.75, 3.05) is 14.2 Å². The zero-order valence-electron chi connectivity index (χ0n) is 19.1. The van der Waals surface area contributed by atoms with Crippen molar-refractivity contribution in [3.63, 3.8) is 0 Å². The third-order valence-electron chi connectivity index (χ3n) is 5.88. The van der Waals surface area contributed by atoms with E-state index >= 15 is 0 Å². The maximum atomic E-state index is 13.1. The van der Waals surface area contributed by atoms with Crippen LogP contribution in [-0.4, -0.2) is 41.2 Å². The summed E-state index contributed by atoms with van der Waals surface area (Å²) in [4.78, 5) is 41.2. The molecule has 178 valence electrons. The molecule has 0 aliphatic heterocycles. The van der Waals surface area contributed by atoms with Crippen molar-refractivity contribution in [3.8, 4) is 17.2 Å². The molecule has 0 aliphatic carbocycles. The number of fused-ring (bicyclic) bond motifs is 1. The zero-order valence-corrected chi connectivity index (χ0v) is 19.1. The van der Waals surface area contributed by atoms with Gasteiger partial charge in [-0.2, -0.15) is 0 Å². The minimum absolute atomic E-state index is 0.0687. The molecule has 35 heavy (non-hydrogen) atoms. The number of hydrogen-bond donors (Lipinski definition) is 3. The number of aromatic amines is 1. The SMILES string of the molecule is COC(=O)C[C@@H](c1c(O)ccc(C(=O)c2ccccc2)c1O)c1cc2ccc(OC)cc2[nH]c1=O. The summed E-state index contributed by atoms with van der Waals surface area (Å²) in [5.41, 5.74) is 0.246. The highest BCUT2D eigenvalue weighted by Gasteiger charge is 2.30. The van der Waals surface area contributed by atoms with Crippen LogP contribution >= 0.6 is 0 Å². The fourth-order valence-corrected chi connectivity index (χ4v) is 4.07. The van der Waals surface area contributed by atoms with E-state index in [4.69, 9.17) is 9.47 Å². The van der Waals surface area contributed by atoms with Crippen LogP contribution in [0, 0.1) is 0 Å². The Kier molecular flexibility index (Phi) is 6.55. The van der Waals surface area contributed by atoms with Crippen LogP contribution < -0.4 is 10.3 Å². The van der Waals surface area contributed by atoms with Crippen LogP contribution in [0.2, 0.25) is 0 Å². The van der Waals surface area contributed by atoms with Crippen LogP contribution in [0.4, 0.5) is 0 Å². The number of phenolic OH excluding ortho intramolecular Hbond substituents is 2. The van der Waals surface area contributed by atoms with Crippen LogP contribution in [0.5, 0.6) is 17.2 Å². The third-order valence-corrected chi connectivity index (χ3v) is 5.88. The lowest BCUT2D eigenvalue weighted by Gasteiger charge is -2.20. The van der Waals surface area contributed by atoms with Gasteiger partial charge in [0.25, 0.3) is 5.56 Å². The normalized spacial score (nSPS) is 11.7. The Balaban J connectivity index is 1.91. The van der Waals surface area contributed by atoms with Gasteiger partial charge in [0.2, 0.25) is 0 Å². The number of carbonyl (C=O) groups excluding carboxylic acids is 2. The van der Waals surface area contributed by atoms with Gasteiger partial charge in [-0.15, -0.1) is 0 Å². The molecular weight excluding hydrogens is 450 g/mol. The number of esters is 1. The summed E-state index contributed by atoms with van der Waals surface area (Å²) >= 11 is 0. The van der Waals surface area contributed by atoms with Gasteiger partial charge < -0.3 is 24.7 Å². The number of aromatic hydroxyl groups is 2. The molecule has 0 aliphatic rings. The summed E-state index contributed by atoms with van der Waals surface area (Å²) in [5.74, 6) is -2.56. The maximum Gasteiger partial charge on any atom is 0.306 e. The van der Waals surface area contributed by atoms with E-state index in [9.17, 15) is 24.6 Å². The number of aromatic nitrogens is 1. The Hall–Kier alpha value is -4.59. The Morgan fingerprint density at radius 2 is 1.71 bits per heavy atom. The van der Waals surface area contributed by atoms with Gasteiger partial charge in [0.1, 0.15) is 17.2 Å². The molecule has 0 fully saturated rings. The molecule has 4 aromatic rings. The lowest BCUT2D eigenvalue weighted by molar-refractivity contribution is -0.140. The molecule has 8 nitrogen and oxygen atoms in total. The van der Waals surface area contributed by atoms with Gasteiger partial charge in [0.05, 0.1) is 31.7 Å². The summed E-state index contributed by atoms with van der Waals surface area (Å²) in [6, 6.07) is 17.6. The first-order valence-corrected chi connectivity index (χ1v) is 10.8. The number of carbonyl (C=O) groups is 2. The van der Waals surface area contributed by atoms with Crippen molar-refractivity contribution in [1.29, 1.82) is 0 Å². The third kappa shape index (κ3) is 4.59. The van der Waals surface area contributed by atoms with Crippen molar-refractivity contribution < 1.29 is 29.3 Å². The Labute approximate surface area is 200 Å². The van der Waals surface area contributed by atoms with E-state index in [1.54, 1.807) is 54.6 Å². The average Bonchev–Trinajstić information content (AvgIpc) is 2.87. The highest BCUT2D eigenvalue weighted by Crippen LogP contribution is 2.42. The first-order valence-electron chi connectivity index (χ1n) is 10.8. The molecule has 1 aromatic heterocycles. The second-order valence-corrected chi connectivity index (χ2v) is 7.93. The van der Waals surface area contributed by atoms with Crippen LogP contribution in [0.1, 0.15) is 39.4 Å². The minimum Gasteiger partial charge on any atom is -0.508 e. The minimum atomic E-state index is -1.10. The molecule has 0 amide bonds. The van der Waals surface area contributed by atoms with Gasteiger partial charge >= 0.3 is 5.97 Å². The number of methoxy groups -OCH3 is 2. The maximum absolute atomic E-state index is 13.1. The number of H-pyrrole nitrogens is 1. The number of pyridine rings is 1. The lowest BCUT2D eigenvalue weighted by Crippen LogP contribution is -2.20. The van der Waals surface area contributed by atoms with E-state index in [1.165, 1.54) is 26.4 Å². The fraction of sp³-hybridized carbons (Fsp3) is 0.148. The zero-order chi connectivity index (χ0) is 25.1. The number of nitrogens with one attached hydrogen (secondary N) is 1. The Morgan fingerprint density at radius 3 is 2.40 bits per heavy atom. The number of phenols is 2. The molecule has 4 rings (SSSR count). The monoisotopic (exact) mass is 473 g/mol. The number of hydrogen-bond acceptors (Lipinski definition) is 7. The summed E-state index contributed by atoms with van der Waals surface area (Å²) in [5, 5.41) is 22.5. The molecule has 3 aromatic carbocycles. The smallest absolute Gasteiger partial charge is 0.306 e. The van der Waals surface area contributed by atoms with Gasteiger partial charge in [-0.3, -0.25) is 14.4 Å². The molecule has 0 spiro atoms.